The van der Waals surface area contributed by atoms with Crippen molar-refractivity contribution in [3.63, 3.8) is 0 Å². The highest BCUT2D eigenvalue weighted by Crippen LogP contribution is 2.10. The maximum atomic E-state index is 8.82. The van der Waals surface area contributed by atoms with Gasteiger partial charge in [-0.1, -0.05) is 61.2 Å². The second-order valence-electron chi connectivity index (χ2n) is 3.55. The van der Waals surface area contributed by atoms with Crippen LogP contribution in [0.5, 0.6) is 5.75 Å². The number of hydrogen-bond donors (Lipinski definition) is 1. The van der Waals surface area contributed by atoms with Crippen molar-refractivity contribution in [1.29, 1.82) is 0 Å². The Balaban J connectivity index is 0.000000180. The summed E-state index contributed by atoms with van der Waals surface area (Å²) >= 11 is 5.63. The summed E-state index contributed by atoms with van der Waals surface area (Å²) in [7, 11) is 0. The van der Waals surface area contributed by atoms with Gasteiger partial charge in [0, 0.05) is 5.02 Å². The van der Waals surface area contributed by atoms with Crippen molar-refractivity contribution in [2.75, 3.05) is 0 Å². The number of phenolic OH excluding ortho intramolecular Hbond substituents is 1. The number of phenols is 1. The summed E-state index contributed by atoms with van der Waals surface area (Å²) < 4.78 is 0. The zero-order valence-electron chi connectivity index (χ0n) is 10.0. The molecule has 0 unspecified atom stereocenters. The quantitative estimate of drug-likeness (QED) is 0.802. The van der Waals surface area contributed by atoms with Crippen molar-refractivity contribution >= 4 is 23.8 Å². The molecule has 18 heavy (non-hydrogen) atoms. The van der Waals surface area contributed by atoms with E-state index in [2.05, 4.69) is 13.2 Å². The standard InChI is InChI=1S/C8H7Cl.C8H8O/c2*1-2-7-3-5-8(9)6-4-7/h2-6H,1H2;2-6,9H,1H2. The summed E-state index contributed by atoms with van der Waals surface area (Å²) in [6.45, 7) is 7.20. The van der Waals surface area contributed by atoms with Crippen molar-refractivity contribution in [3.05, 3.63) is 77.8 Å². The first kappa shape index (κ1) is 14.1. The molecule has 0 amide bonds. The fourth-order valence-electron chi connectivity index (χ4n) is 1.21. The number of halogens is 1. The van der Waals surface area contributed by atoms with Gasteiger partial charge in [-0.2, -0.15) is 0 Å². The smallest absolute Gasteiger partial charge is 0.115 e. The molecule has 0 saturated heterocycles. The molecule has 2 heteroatoms. The number of hydrogen-bond acceptors (Lipinski definition) is 1. The Bertz CT molecular complexity index is 448. The summed E-state index contributed by atoms with van der Waals surface area (Å²) in [6.07, 6.45) is 3.52. The molecule has 0 atom stereocenters. The van der Waals surface area contributed by atoms with E-state index in [1.54, 1.807) is 24.3 Å². The van der Waals surface area contributed by atoms with Gasteiger partial charge >= 0.3 is 0 Å². The lowest BCUT2D eigenvalue weighted by Crippen LogP contribution is -1.67. The summed E-state index contributed by atoms with van der Waals surface area (Å²) in [5.41, 5.74) is 2.12. The van der Waals surface area contributed by atoms with Crippen LogP contribution >= 0.6 is 11.6 Å². The molecule has 92 valence electrons. The Kier molecular flexibility index (Phi) is 5.75. The van der Waals surface area contributed by atoms with E-state index in [9.17, 15) is 0 Å². The molecule has 0 aliphatic carbocycles. The topological polar surface area (TPSA) is 20.2 Å². The average molecular weight is 259 g/mol. The summed E-state index contributed by atoms with van der Waals surface area (Å²) in [4.78, 5) is 0. The van der Waals surface area contributed by atoms with Crippen LogP contribution < -0.4 is 0 Å². The maximum Gasteiger partial charge on any atom is 0.115 e. The van der Waals surface area contributed by atoms with E-state index >= 15 is 0 Å². The highest BCUT2D eigenvalue weighted by molar-refractivity contribution is 6.30. The van der Waals surface area contributed by atoms with Crippen LogP contribution in [0.3, 0.4) is 0 Å². The molecule has 2 aromatic carbocycles. The third-order valence-electron chi connectivity index (χ3n) is 2.23. The first-order chi connectivity index (χ1) is 8.65. The lowest BCUT2D eigenvalue weighted by Gasteiger charge is -1.90. The number of benzene rings is 2. The fraction of sp³-hybridized carbons (Fsp3) is 0. The molecular weight excluding hydrogens is 244 g/mol. The molecule has 0 saturated carbocycles. The average Bonchev–Trinajstić information content (AvgIpc) is 2.41. The number of rotatable bonds is 2. The van der Waals surface area contributed by atoms with Crippen molar-refractivity contribution in [2.24, 2.45) is 0 Å². The van der Waals surface area contributed by atoms with Crippen LogP contribution in [0.15, 0.2) is 61.7 Å². The summed E-state index contributed by atoms with van der Waals surface area (Å²) in [6, 6.07) is 14.4. The van der Waals surface area contributed by atoms with E-state index < -0.39 is 0 Å². The van der Waals surface area contributed by atoms with E-state index in [1.165, 1.54) is 0 Å². The third kappa shape index (κ3) is 4.89. The van der Waals surface area contributed by atoms with Gasteiger partial charge in [0.1, 0.15) is 5.75 Å². The van der Waals surface area contributed by atoms with E-state index in [0.717, 1.165) is 16.1 Å². The first-order valence-electron chi connectivity index (χ1n) is 5.45. The van der Waals surface area contributed by atoms with Gasteiger partial charge in [-0.25, -0.2) is 0 Å². The normalized spacial score (nSPS) is 8.94. The van der Waals surface area contributed by atoms with Crippen LogP contribution in [0.25, 0.3) is 12.2 Å². The zero-order chi connectivity index (χ0) is 13.4. The maximum absolute atomic E-state index is 8.82. The summed E-state index contributed by atoms with van der Waals surface area (Å²) in [5, 5.41) is 9.58. The molecule has 0 aromatic heterocycles. The van der Waals surface area contributed by atoms with Crippen molar-refractivity contribution in [2.45, 2.75) is 0 Å². The first-order valence-corrected chi connectivity index (χ1v) is 5.83. The van der Waals surface area contributed by atoms with Crippen LogP contribution in [0.2, 0.25) is 5.02 Å². The largest absolute Gasteiger partial charge is 0.508 e. The second-order valence-corrected chi connectivity index (χ2v) is 3.99. The molecule has 0 aliphatic rings. The van der Waals surface area contributed by atoms with Crippen molar-refractivity contribution < 1.29 is 5.11 Å². The molecular formula is C16H15ClO. The van der Waals surface area contributed by atoms with Crippen molar-refractivity contribution in [1.82, 2.24) is 0 Å². The Labute approximate surface area is 113 Å². The molecule has 1 nitrogen and oxygen atoms in total. The second kappa shape index (κ2) is 7.36. The van der Waals surface area contributed by atoms with Crippen molar-refractivity contribution in [3.8, 4) is 5.75 Å². The molecule has 0 fully saturated rings. The predicted octanol–water partition coefficient (Wildman–Crippen LogP) is 5.02. The fourth-order valence-corrected chi connectivity index (χ4v) is 1.34. The highest BCUT2D eigenvalue weighted by Gasteiger charge is 1.84. The van der Waals surface area contributed by atoms with Gasteiger partial charge < -0.3 is 5.11 Å². The minimum Gasteiger partial charge on any atom is -0.508 e. The molecule has 0 radical (unpaired) electrons. The monoisotopic (exact) mass is 258 g/mol. The highest BCUT2D eigenvalue weighted by atomic mass is 35.5. The van der Waals surface area contributed by atoms with Gasteiger partial charge in [0.2, 0.25) is 0 Å². The molecule has 0 spiro atoms. The van der Waals surface area contributed by atoms with Gasteiger partial charge in [0.15, 0.2) is 0 Å². The summed E-state index contributed by atoms with van der Waals surface area (Å²) in [5.74, 6) is 0.292. The van der Waals surface area contributed by atoms with Gasteiger partial charge in [-0.15, -0.1) is 0 Å². The molecule has 2 aromatic rings. The van der Waals surface area contributed by atoms with Crippen LogP contribution in [0.1, 0.15) is 11.1 Å². The van der Waals surface area contributed by atoms with E-state index in [-0.39, 0.29) is 0 Å². The molecule has 1 N–H and O–H groups in total. The minimum atomic E-state index is 0.292. The number of aromatic hydroxyl groups is 1. The third-order valence-corrected chi connectivity index (χ3v) is 2.49. The van der Waals surface area contributed by atoms with Gasteiger partial charge in [0.25, 0.3) is 0 Å². The Morgan fingerprint density at radius 2 is 1.17 bits per heavy atom. The Morgan fingerprint density at radius 1 is 0.778 bits per heavy atom. The molecule has 0 heterocycles. The van der Waals surface area contributed by atoms with Gasteiger partial charge in [0.05, 0.1) is 0 Å². The lowest BCUT2D eigenvalue weighted by molar-refractivity contribution is 0.475. The zero-order valence-corrected chi connectivity index (χ0v) is 10.8. The Hall–Kier alpha value is -1.99. The van der Waals surface area contributed by atoms with Gasteiger partial charge in [-0.05, 0) is 35.4 Å². The van der Waals surface area contributed by atoms with Gasteiger partial charge in [-0.3, -0.25) is 0 Å². The SMILES string of the molecule is C=Cc1ccc(Cl)cc1.C=Cc1ccc(O)cc1. The van der Waals surface area contributed by atoms with E-state index in [1.807, 2.05) is 36.4 Å². The molecule has 0 bridgehead atoms. The molecule has 2 rings (SSSR count). The van der Waals surface area contributed by atoms with Crippen LogP contribution in [0.4, 0.5) is 0 Å². The lowest BCUT2D eigenvalue weighted by atomic mass is 10.2. The minimum absolute atomic E-state index is 0.292. The van der Waals surface area contributed by atoms with Crippen LogP contribution in [0, 0.1) is 0 Å². The van der Waals surface area contributed by atoms with E-state index in [0.29, 0.717) is 5.75 Å². The van der Waals surface area contributed by atoms with Crippen LogP contribution in [-0.2, 0) is 0 Å². The van der Waals surface area contributed by atoms with Crippen LogP contribution in [-0.4, -0.2) is 5.11 Å². The van der Waals surface area contributed by atoms with E-state index in [4.69, 9.17) is 16.7 Å². The Morgan fingerprint density at radius 3 is 1.56 bits per heavy atom. The predicted molar refractivity (Wildman–Crippen MR) is 79.7 cm³/mol. The molecule has 0 aliphatic heterocycles.